The molecular weight excluding hydrogens is 318 g/mol. The quantitative estimate of drug-likeness (QED) is 0.856. The van der Waals surface area contributed by atoms with Crippen LogP contribution < -0.4 is 4.72 Å². The summed E-state index contributed by atoms with van der Waals surface area (Å²) in [5, 5.41) is 2.02. The van der Waals surface area contributed by atoms with Crippen LogP contribution in [0.5, 0.6) is 0 Å². The molecule has 22 heavy (non-hydrogen) atoms. The molecule has 0 unspecified atom stereocenters. The van der Waals surface area contributed by atoms with E-state index in [0.29, 0.717) is 6.42 Å². The molecule has 0 bridgehead atoms. The maximum absolute atomic E-state index is 12.5. The Hall–Kier alpha value is -0.720. The Bertz CT molecular complexity index is 581. The molecule has 0 spiro atoms. The molecule has 124 valence electrons. The van der Waals surface area contributed by atoms with Gasteiger partial charge in [0.2, 0.25) is 0 Å². The minimum atomic E-state index is -1.23. The molecule has 1 heterocycles. The van der Waals surface area contributed by atoms with Gasteiger partial charge in [-0.3, -0.25) is 4.79 Å². The average Bonchev–Trinajstić information content (AvgIpc) is 2.87. The van der Waals surface area contributed by atoms with Crippen molar-refractivity contribution in [3.63, 3.8) is 0 Å². The van der Waals surface area contributed by atoms with Crippen LogP contribution in [0.15, 0.2) is 11.4 Å². The molecule has 1 aromatic rings. The monoisotopic (exact) mass is 343 g/mol. The van der Waals surface area contributed by atoms with Gasteiger partial charge in [-0.25, -0.2) is 8.93 Å². The third-order valence-corrected chi connectivity index (χ3v) is 6.03. The van der Waals surface area contributed by atoms with Crippen LogP contribution in [0.4, 0.5) is 0 Å². The smallest absolute Gasteiger partial charge is 0.311 e. The van der Waals surface area contributed by atoms with Gasteiger partial charge in [-0.2, -0.15) is 0 Å². The lowest BCUT2D eigenvalue weighted by Crippen LogP contribution is -2.40. The number of esters is 1. The highest BCUT2D eigenvalue weighted by atomic mass is 32.2. The average molecular weight is 344 g/mol. The van der Waals surface area contributed by atoms with Crippen molar-refractivity contribution in [3.8, 4) is 0 Å². The molecule has 3 atom stereocenters. The van der Waals surface area contributed by atoms with E-state index in [1.54, 1.807) is 11.3 Å². The summed E-state index contributed by atoms with van der Waals surface area (Å²) in [6, 6.07) is 1.81. The minimum absolute atomic E-state index is 0.223. The van der Waals surface area contributed by atoms with E-state index in [4.69, 9.17) is 4.74 Å². The van der Waals surface area contributed by atoms with Crippen LogP contribution in [0.3, 0.4) is 0 Å². The Morgan fingerprint density at radius 1 is 1.32 bits per heavy atom. The molecule has 4 nitrogen and oxygen atoms in total. The Morgan fingerprint density at radius 3 is 2.50 bits per heavy atom. The first-order valence-corrected chi connectivity index (χ1v) is 9.49. The molecule has 0 aliphatic heterocycles. The highest BCUT2D eigenvalue weighted by Crippen LogP contribution is 2.41. The lowest BCUT2D eigenvalue weighted by molar-refractivity contribution is -0.160. The lowest BCUT2D eigenvalue weighted by Gasteiger charge is -2.27. The van der Waals surface area contributed by atoms with Crippen molar-refractivity contribution in [1.82, 2.24) is 4.72 Å². The van der Waals surface area contributed by atoms with Crippen molar-refractivity contribution < 1.29 is 13.7 Å². The SMILES string of the molecule is CC(C)(C)OC(=O)[C@@H]1Cc2ccsc2[C@H]1N[S@@](=O)C(C)(C)C. The van der Waals surface area contributed by atoms with Crippen molar-refractivity contribution in [2.75, 3.05) is 0 Å². The van der Waals surface area contributed by atoms with E-state index in [-0.39, 0.29) is 22.7 Å². The molecule has 1 aliphatic rings. The molecule has 0 aromatic carbocycles. The predicted octanol–water partition coefficient (Wildman–Crippen LogP) is 3.36. The number of carbonyl (C=O) groups excluding carboxylic acids is 1. The van der Waals surface area contributed by atoms with Crippen LogP contribution in [-0.2, 0) is 26.9 Å². The summed E-state index contributed by atoms with van der Waals surface area (Å²) in [6.07, 6.45) is 0.646. The van der Waals surface area contributed by atoms with Crippen LogP contribution in [0.1, 0.15) is 58.0 Å². The van der Waals surface area contributed by atoms with Gasteiger partial charge in [0.05, 0.1) is 27.7 Å². The minimum Gasteiger partial charge on any atom is -0.460 e. The van der Waals surface area contributed by atoms with Crippen molar-refractivity contribution in [2.45, 2.75) is 64.4 Å². The number of nitrogens with one attached hydrogen (secondary N) is 1. The molecule has 1 N–H and O–H groups in total. The molecule has 1 aliphatic carbocycles. The third kappa shape index (κ3) is 3.97. The van der Waals surface area contributed by atoms with E-state index >= 15 is 0 Å². The topological polar surface area (TPSA) is 55.4 Å². The van der Waals surface area contributed by atoms with E-state index in [1.807, 2.05) is 53.0 Å². The second-order valence-electron chi connectivity index (χ2n) is 7.63. The van der Waals surface area contributed by atoms with Gasteiger partial charge < -0.3 is 4.74 Å². The number of fused-ring (bicyclic) bond motifs is 1. The maximum atomic E-state index is 12.5. The third-order valence-electron chi connectivity index (χ3n) is 3.41. The Balaban J connectivity index is 2.21. The molecule has 2 rings (SSSR count). The van der Waals surface area contributed by atoms with E-state index < -0.39 is 16.6 Å². The molecule has 0 fully saturated rings. The highest BCUT2D eigenvalue weighted by molar-refractivity contribution is 7.84. The molecule has 6 heteroatoms. The molecule has 0 saturated heterocycles. The summed E-state index contributed by atoms with van der Waals surface area (Å²) >= 11 is 1.61. The van der Waals surface area contributed by atoms with Gasteiger partial charge in [0.1, 0.15) is 5.60 Å². The number of thiophene rings is 1. The second kappa shape index (κ2) is 6.06. The van der Waals surface area contributed by atoms with Crippen LogP contribution >= 0.6 is 11.3 Å². The standard InChI is InChI=1S/C16H25NO3S2/c1-15(2,3)20-14(18)11-9-10-7-8-21-13(10)12(11)17-22(19)16(4,5)6/h7-8,11-12,17H,9H2,1-6H3/t11-,12+,22+/m1/s1. The molecule has 0 saturated carbocycles. The Kier molecular flexibility index (Phi) is 4.85. The Morgan fingerprint density at radius 2 is 1.95 bits per heavy atom. The fourth-order valence-corrected chi connectivity index (χ4v) is 4.34. The zero-order chi connectivity index (χ0) is 16.7. The van der Waals surface area contributed by atoms with Gasteiger partial charge in [0.25, 0.3) is 0 Å². The fourth-order valence-electron chi connectivity index (χ4n) is 2.35. The first-order valence-electron chi connectivity index (χ1n) is 7.46. The summed E-state index contributed by atoms with van der Waals surface area (Å²) in [6.45, 7) is 11.4. The van der Waals surface area contributed by atoms with E-state index in [9.17, 15) is 9.00 Å². The van der Waals surface area contributed by atoms with Crippen LogP contribution in [0.2, 0.25) is 0 Å². The summed E-state index contributed by atoms with van der Waals surface area (Å²) in [5.41, 5.74) is 0.644. The lowest BCUT2D eigenvalue weighted by atomic mass is 10.0. The fraction of sp³-hybridized carbons (Fsp3) is 0.688. The number of hydrogen-bond donors (Lipinski definition) is 1. The van der Waals surface area contributed by atoms with Crippen LogP contribution in [0.25, 0.3) is 0 Å². The summed E-state index contributed by atoms with van der Waals surface area (Å²) in [5.74, 6) is -0.535. The Labute approximate surface area is 139 Å². The van der Waals surface area contributed by atoms with Crippen molar-refractivity contribution in [2.24, 2.45) is 5.92 Å². The van der Waals surface area contributed by atoms with Gasteiger partial charge in [-0.15, -0.1) is 11.3 Å². The molecular formula is C16H25NO3S2. The van der Waals surface area contributed by atoms with Gasteiger partial charge >= 0.3 is 5.97 Å². The van der Waals surface area contributed by atoms with Crippen LogP contribution in [0, 0.1) is 5.92 Å². The predicted molar refractivity (Wildman–Crippen MR) is 91.1 cm³/mol. The normalized spacial score (nSPS) is 23.2. The number of hydrogen-bond acceptors (Lipinski definition) is 4. The number of carbonyl (C=O) groups is 1. The van der Waals surface area contributed by atoms with E-state index in [2.05, 4.69) is 4.72 Å². The number of ether oxygens (including phenoxy) is 1. The summed E-state index contributed by atoms with van der Waals surface area (Å²) in [7, 11) is -1.23. The van der Waals surface area contributed by atoms with E-state index in [1.165, 1.54) is 0 Å². The zero-order valence-corrected chi connectivity index (χ0v) is 15.7. The van der Waals surface area contributed by atoms with Crippen molar-refractivity contribution >= 4 is 28.3 Å². The van der Waals surface area contributed by atoms with Crippen LogP contribution in [-0.4, -0.2) is 20.5 Å². The van der Waals surface area contributed by atoms with Gasteiger partial charge in [-0.05, 0) is 65.0 Å². The first kappa shape index (κ1) is 17.6. The van der Waals surface area contributed by atoms with Gasteiger partial charge in [-0.1, -0.05) is 0 Å². The largest absolute Gasteiger partial charge is 0.460 e. The zero-order valence-electron chi connectivity index (χ0n) is 14.1. The summed E-state index contributed by atoms with van der Waals surface area (Å²) < 4.78 is 20.8. The second-order valence-corrected chi connectivity index (χ2v) is 10.6. The maximum Gasteiger partial charge on any atom is 0.311 e. The van der Waals surface area contributed by atoms with Gasteiger partial charge in [0.15, 0.2) is 0 Å². The highest BCUT2D eigenvalue weighted by Gasteiger charge is 2.42. The van der Waals surface area contributed by atoms with Gasteiger partial charge in [0, 0.05) is 4.88 Å². The van der Waals surface area contributed by atoms with E-state index in [0.717, 1.165) is 10.4 Å². The molecule has 0 radical (unpaired) electrons. The van der Waals surface area contributed by atoms with Crippen molar-refractivity contribution in [3.05, 3.63) is 21.9 Å². The number of rotatable bonds is 3. The first-order chi connectivity index (χ1) is 9.99. The molecule has 0 amide bonds. The molecule has 1 aromatic heterocycles. The summed E-state index contributed by atoms with van der Waals surface area (Å²) in [4.78, 5) is 13.6. The van der Waals surface area contributed by atoms with Crippen molar-refractivity contribution in [1.29, 1.82) is 0 Å².